The van der Waals surface area contributed by atoms with Crippen molar-refractivity contribution in [3.63, 3.8) is 0 Å². The number of tetrazole rings is 1. The summed E-state index contributed by atoms with van der Waals surface area (Å²) in [6.07, 6.45) is 0. The average molecular weight is 346 g/mol. The number of ether oxygens (including phenoxy) is 2. The number of rotatable bonds is 6. The highest BCUT2D eigenvalue weighted by molar-refractivity contribution is 7.98. The molecule has 9 heteroatoms. The first-order chi connectivity index (χ1) is 11.7. The highest BCUT2D eigenvalue weighted by Crippen LogP contribution is 2.24. The molecule has 124 valence electrons. The molecule has 0 N–H and O–H groups in total. The van der Waals surface area contributed by atoms with Crippen LogP contribution < -0.4 is 4.74 Å². The van der Waals surface area contributed by atoms with Crippen molar-refractivity contribution in [2.45, 2.75) is 10.9 Å². The van der Waals surface area contributed by atoms with Crippen LogP contribution >= 0.6 is 11.8 Å². The van der Waals surface area contributed by atoms with E-state index in [1.54, 1.807) is 23.9 Å². The highest BCUT2D eigenvalue weighted by Gasteiger charge is 2.14. The quantitative estimate of drug-likeness (QED) is 0.496. The fraction of sp³-hybridized carbons (Fsp3) is 0.200. The van der Waals surface area contributed by atoms with Crippen LogP contribution in [0.3, 0.4) is 0 Å². The van der Waals surface area contributed by atoms with Gasteiger partial charge in [0.05, 0.1) is 25.7 Å². The Bertz CT molecular complexity index is 828. The molecule has 0 unspecified atom stereocenters. The van der Waals surface area contributed by atoms with Gasteiger partial charge in [-0.25, -0.2) is 4.79 Å². The van der Waals surface area contributed by atoms with Crippen LogP contribution in [0.4, 0.5) is 0 Å². The molecule has 3 rings (SSSR count). The van der Waals surface area contributed by atoms with Crippen molar-refractivity contribution in [3.8, 4) is 11.4 Å². The van der Waals surface area contributed by atoms with Gasteiger partial charge in [-0.15, -0.1) is 5.10 Å². The van der Waals surface area contributed by atoms with Crippen LogP contribution in [-0.2, 0) is 10.5 Å². The summed E-state index contributed by atoms with van der Waals surface area (Å²) in [4.78, 5) is 11.4. The highest BCUT2D eigenvalue weighted by atomic mass is 32.2. The van der Waals surface area contributed by atoms with Gasteiger partial charge in [-0.3, -0.25) is 0 Å². The minimum absolute atomic E-state index is 0.169. The van der Waals surface area contributed by atoms with E-state index in [0.717, 1.165) is 11.4 Å². The fourth-order valence-electron chi connectivity index (χ4n) is 1.96. The lowest BCUT2D eigenvalue weighted by Gasteiger charge is -2.05. The number of benzene rings is 1. The Kier molecular flexibility index (Phi) is 4.80. The van der Waals surface area contributed by atoms with Crippen LogP contribution in [0.1, 0.15) is 16.3 Å². The van der Waals surface area contributed by atoms with E-state index in [1.165, 1.54) is 18.9 Å². The molecule has 2 heterocycles. The first-order valence-electron chi connectivity index (χ1n) is 6.94. The van der Waals surface area contributed by atoms with Gasteiger partial charge in [0.15, 0.2) is 0 Å². The zero-order valence-corrected chi connectivity index (χ0v) is 13.8. The van der Waals surface area contributed by atoms with E-state index in [0.29, 0.717) is 16.7 Å². The van der Waals surface area contributed by atoms with Crippen LogP contribution in [0, 0.1) is 0 Å². The summed E-state index contributed by atoms with van der Waals surface area (Å²) in [5, 5.41) is 12.3. The maximum absolute atomic E-state index is 11.4. The van der Waals surface area contributed by atoms with E-state index in [2.05, 4.69) is 20.3 Å². The van der Waals surface area contributed by atoms with Crippen LogP contribution in [0.2, 0.25) is 0 Å². The molecule has 0 saturated carbocycles. The smallest absolute Gasteiger partial charge is 0.373 e. The van der Waals surface area contributed by atoms with Crippen LogP contribution in [0.15, 0.2) is 46.0 Å². The van der Waals surface area contributed by atoms with Crippen molar-refractivity contribution in [1.82, 2.24) is 20.2 Å². The van der Waals surface area contributed by atoms with E-state index in [1.807, 2.05) is 24.3 Å². The largest absolute Gasteiger partial charge is 0.497 e. The van der Waals surface area contributed by atoms with Crippen molar-refractivity contribution in [3.05, 3.63) is 47.9 Å². The summed E-state index contributed by atoms with van der Waals surface area (Å²) < 4.78 is 16.8. The molecule has 24 heavy (non-hydrogen) atoms. The van der Waals surface area contributed by atoms with E-state index in [9.17, 15) is 4.79 Å². The standard InChI is InChI=1S/C15H14N4O4S/c1-21-11-5-3-10(4-6-11)19-15(16-17-18-19)24-9-12-7-8-13(23-12)14(20)22-2/h3-8H,9H2,1-2H3. The normalized spacial score (nSPS) is 10.6. The Morgan fingerprint density at radius 1 is 1.21 bits per heavy atom. The summed E-state index contributed by atoms with van der Waals surface area (Å²) >= 11 is 1.39. The molecule has 0 radical (unpaired) electrons. The molecule has 0 bridgehead atoms. The van der Waals surface area contributed by atoms with Crippen LogP contribution in [0.5, 0.6) is 5.75 Å². The molecule has 0 amide bonds. The van der Waals surface area contributed by atoms with Crippen molar-refractivity contribution in [2.75, 3.05) is 14.2 Å². The molecule has 0 aliphatic heterocycles. The van der Waals surface area contributed by atoms with Gasteiger partial charge in [-0.05, 0) is 46.8 Å². The lowest BCUT2D eigenvalue weighted by Crippen LogP contribution is -1.99. The van der Waals surface area contributed by atoms with E-state index in [4.69, 9.17) is 9.15 Å². The summed E-state index contributed by atoms with van der Waals surface area (Å²) in [6.45, 7) is 0. The molecular formula is C15H14N4O4S. The van der Waals surface area contributed by atoms with Gasteiger partial charge in [-0.2, -0.15) is 4.68 Å². The Balaban J connectivity index is 1.71. The molecular weight excluding hydrogens is 332 g/mol. The lowest BCUT2D eigenvalue weighted by atomic mass is 10.3. The van der Waals surface area contributed by atoms with E-state index < -0.39 is 5.97 Å². The maximum Gasteiger partial charge on any atom is 0.373 e. The third kappa shape index (κ3) is 3.40. The molecule has 0 aliphatic carbocycles. The number of carbonyl (C=O) groups is 1. The Hall–Kier alpha value is -2.81. The molecule has 8 nitrogen and oxygen atoms in total. The minimum atomic E-state index is -0.505. The van der Waals surface area contributed by atoms with Gasteiger partial charge >= 0.3 is 5.97 Å². The van der Waals surface area contributed by atoms with Gasteiger partial charge in [0, 0.05) is 0 Å². The van der Waals surface area contributed by atoms with Gasteiger partial charge in [0.25, 0.3) is 0 Å². The molecule has 0 aliphatic rings. The zero-order valence-electron chi connectivity index (χ0n) is 13.0. The topological polar surface area (TPSA) is 92.3 Å². The number of hydrogen-bond donors (Lipinski definition) is 0. The van der Waals surface area contributed by atoms with Gasteiger partial charge in [-0.1, -0.05) is 11.8 Å². The predicted molar refractivity (Wildman–Crippen MR) is 85.3 cm³/mol. The third-order valence-electron chi connectivity index (χ3n) is 3.15. The van der Waals surface area contributed by atoms with Crippen LogP contribution in [0.25, 0.3) is 5.69 Å². The molecule has 0 fully saturated rings. The molecule has 0 saturated heterocycles. The fourth-order valence-corrected chi connectivity index (χ4v) is 2.74. The number of furan rings is 1. The molecule has 0 spiro atoms. The zero-order chi connectivity index (χ0) is 16.9. The summed E-state index contributed by atoms with van der Waals surface area (Å²) in [7, 11) is 2.92. The third-order valence-corrected chi connectivity index (χ3v) is 4.09. The van der Waals surface area contributed by atoms with Gasteiger partial charge < -0.3 is 13.9 Å². The second-order valence-corrected chi connectivity index (χ2v) is 5.56. The molecule has 2 aromatic heterocycles. The summed E-state index contributed by atoms with van der Waals surface area (Å²) in [5.41, 5.74) is 0.818. The maximum atomic E-state index is 11.4. The monoisotopic (exact) mass is 346 g/mol. The molecule has 3 aromatic rings. The SMILES string of the molecule is COC(=O)c1ccc(CSc2nnnn2-c2ccc(OC)cc2)o1. The average Bonchev–Trinajstić information content (AvgIpc) is 3.28. The molecule has 0 atom stereocenters. The minimum Gasteiger partial charge on any atom is -0.497 e. The van der Waals surface area contributed by atoms with Crippen molar-refractivity contribution >= 4 is 17.7 Å². The summed E-state index contributed by atoms with van der Waals surface area (Å²) in [6, 6.07) is 10.7. The number of thioether (sulfide) groups is 1. The second-order valence-electron chi connectivity index (χ2n) is 4.62. The van der Waals surface area contributed by atoms with Gasteiger partial charge in [0.2, 0.25) is 10.9 Å². The van der Waals surface area contributed by atoms with Crippen molar-refractivity contribution < 1.29 is 18.7 Å². The Morgan fingerprint density at radius 3 is 2.71 bits per heavy atom. The van der Waals surface area contributed by atoms with E-state index >= 15 is 0 Å². The van der Waals surface area contributed by atoms with Crippen LogP contribution in [-0.4, -0.2) is 40.4 Å². The Morgan fingerprint density at radius 2 is 2.00 bits per heavy atom. The van der Waals surface area contributed by atoms with E-state index in [-0.39, 0.29) is 5.76 Å². The first kappa shape index (κ1) is 16.1. The predicted octanol–water partition coefficient (Wildman–Crippen LogP) is 2.34. The van der Waals surface area contributed by atoms with Crippen molar-refractivity contribution in [1.29, 1.82) is 0 Å². The first-order valence-corrected chi connectivity index (χ1v) is 7.92. The van der Waals surface area contributed by atoms with Gasteiger partial charge in [0.1, 0.15) is 11.5 Å². The lowest BCUT2D eigenvalue weighted by molar-refractivity contribution is 0.0563. The molecule has 1 aromatic carbocycles. The summed E-state index contributed by atoms with van der Waals surface area (Å²) in [5.74, 6) is 1.53. The number of methoxy groups -OCH3 is 2. The second kappa shape index (κ2) is 7.18. The number of aromatic nitrogens is 4. The number of esters is 1. The number of carbonyl (C=O) groups excluding carboxylic acids is 1. The number of hydrogen-bond acceptors (Lipinski definition) is 8. The number of nitrogens with zero attached hydrogens (tertiary/aromatic N) is 4. The van der Waals surface area contributed by atoms with Crippen molar-refractivity contribution in [2.24, 2.45) is 0 Å². The Labute approximate surface area is 141 Å².